The highest BCUT2D eigenvalue weighted by Gasteiger charge is 2.58. The minimum atomic E-state index is -3.05. The first-order valence-corrected chi connectivity index (χ1v) is 6.50. The van der Waals surface area contributed by atoms with E-state index in [2.05, 4.69) is 0 Å². The molecule has 9 atom stereocenters. The molecule has 132 valence electrons. The molecule has 0 amide bonds. The van der Waals surface area contributed by atoms with Gasteiger partial charge >= 0.3 is 0 Å². The summed E-state index contributed by atoms with van der Waals surface area (Å²) < 4.78 is 4.74. The van der Waals surface area contributed by atoms with Gasteiger partial charge in [0.25, 0.3) is 0 Å². The summed E-state index contributed by atoms with van der Waals surface area (Å²) in [6.45, 7) is -1.86. The van der Waals surface area contributed by atoms with Gasteiger partial charge in [0.15, 0.2) is 0 Å². The topological polar surface area (TPSA) is 212 Å². The smallest absolute Gasteiger partial charge is 0.224 e. The lowest BCUT2D eigenvalue weighted by Gasteiger charge is -2.48. The highest BCUT2D eigenvalue weighted by Crippen LogP contribution is 2.32. The summed E-state index contributed by atoms with van der Waals surface area (Å²) in [4.78, 5) is 0. The second-order valence-electron chi connectivity index (χ2n) is 5.19. The molecule has 0 bridgehead atoms. The Hall–Kier alpha value is -0.440. The molecule has 1 heterocycles. The normalized spacial score (nSPS) is 41.7. The first-order chi connectivity index (χ1) is 10.1. The Morgan fingerprint density at radius 2 is 1.45 bits per heavy atom. The van der Waals surface area contributed by atoms with Crippen LogP contribution in [0.15, 0.2) is 0 Å². The van der Waals surface area contributed by atoms with Crippen LogP contribution in [0.3, 0.4) is 0 Å². The highest BCUT2D eigenvalue weighted by atomic mass is 16.7. The van der Waals surface area contributed by atoms with Crippen molar-refractivity contribution in [3.8, 4) is 0 Å². The maximum absolute atomic E-state index is 10.2. The van der Waals surface area contributed by atoms with E-state index in [9.17, 15) is 40.9 Å². The predicted octanol–water partition coefficient (Wildman–Crippen LogP) is -6.42. The average Bonchev–Trinajstić information content (AvgIpc) is 2.53. The molecule has 1 fully saturated rings. The van der Waals surface area contributed by atoms with Crippen LogP contribution < -0.4 is 0 Å². The molecule has 10 N–H and O–H groups in total. The van der Waals surface area contributed by atoms with Crippen LogP contribution in [-0.2, 0) is 4.74 Å². The molecule has 1 aliphatic heterocycles. The highest BCUT2D eigenvalue weighted by molar-refractivity contribution is 5.02. The van der Waals surface area contributed by atoms with Crippen molar-refractivity contribution in [3.05, 3.63) is 0 Å². The van der Waals surface area contributed by atoms with Gasteiger partial charge in [-0.25, -0.2) is 0 Å². The Morgan fingerprint density at radius 3 is 1.91 bits per heavy atom. The maximum Gasteiger partial charge on any atom is 0.224 e. The van der Waals surface area contributed by atoms with Gasteiger partial charge in [0.2, 0.25) is 5.79 Å². The van der Waals surface area contributed by atoms with Crippen LogP contribution in [0.2, 0.25) is 0 Å². The second kappa shape index (κ2) is 7.42. The van der Waals surface area contributed by atoms with Gasteiger partial charge in [-0.05, 0) is 0 Å². The third-order valence-corrected chi connectivity index (χ3v) is 3.68. The minimum absolute atomic E-state index is 0.891. The number of aliphatic hydroxyl groups excluding tert-OH is 9. The van der Waals surface area contributed by atoms with Gasteiger partial charge in [-0.15, -0.1) is 0 Å². The Labute approximate surface area is 124 Å². The SMILES string of the molecule is OC[C@@H](O)[C@@H](O)[C@H](O)C(O)C1(O)O[C@H](CO)[C@@H](O)[C@H](O)[C@H]1O. The molecule has 0 aromatic carbocycles. The lowest BCUT2D eigenvalue weighted by atomic mass is 9.86. The zero-order chi connectivity index (χ0) is 17.2. The van der Waals surface area contributed by atoms with Gasteiger partial charge in [-0.3, -0.25) is 0 Å². The largest absolute Gasteiger partial charge is 0.394 e. The summed E-state index contributed by atoms with van der Waals surface area (Å²) >= 11 is 0. The average molecular weight is 330 g/mol. The van der Waals surface area contributed by atoms with Crippen molar-refractivity contribution >= 4 is 0 Å². The number of aliphatic hydroxyl groups is 10. The third-order valence-electron chi connectivity index (χ3n) is 3.68. The third kappa shape index (κ3) is 3.39. The van der Waals surface area contributed by atoms with Gasteiger partial charge < -0.3 is 55.8 Å². The van der Waals surface area contributed by atoms with Crippen molar-refractivity contribution in [3.63, 3.8) is 0 Å². The van der Waals surface area contributed by atoms with Crippen molar-refractivity contribution < 1.29 is 55.8 Å². The van der Waals surface area contributed by atoms with E-state index in [1.54, 1.807) is 0 Å². The van der Waals surface area contributed by atoms with Gasteiger partial charge in [0, 0.05) is 0 Å². The van der Waals surface area contributed by atoms with Crippen LogP contribution in [0, 0.1) is 0 Å². The monoisotopic (exact) mass is 330 g/mol. The minimum Gasteiger partial charge on any atom is -0.394 e. The Morgan fingerprint density at radius 1 is 0.909 bits per heavy atom. The van der Waals surface area contributed by atoms with E-state index in [1.165, 1.54) is 0 Å². The van der Waals surface area contributed by atoms with E-state index in [-0.39, 0.29) is 0 Å². The fourth-order valence-electron chi connectivity index (χ4n) is 2.19. The summed E-state index contributed by atoms with van der Waals surface area (Å²) in [6.07, 6.45) is -16.4. The van der Waals surface area contributed by atoms with Crippen molar-refractivity contribution in [2.75, 3.05) is 13.2 Å². The van der Waals surface area contributed by atoms with Crippen LogP contribution in [0.25, 0.3) is 0 Å². The Balaban J connectivity index is 2.99. The predicted molar refractivity (Wildman–Crippen MR) is 66.0 cm³/mol. The number of hydrogen-bond donors (Lipinski definition) is 10. The van der Waals surface area contributed by atoms with Crippen LogP contribution in [0.4, 0.5) is 0 Å². The standard InChI is InChI=1S/C11H22O11/c12-1-3(14)5(15)7(17)9(19)11(21)10(20)8(18)6(16)4(2-13)22-11/h3-10,12-21H,1-2H2/t3-,4-,5-,6-,7+,8+,9?,10-,11?/m1/s1. The number of rotatable bonds is 6. The summed E-state index contributed by atoms with van der Waals surface area (Å²) in [5.41, 5.74) is 0. The van der Waals surface area contributed by atoms with Gasteiger partial charge in [0.1, 0.15) is 48.8 Å². The van der Waals surface area contributed by atoms with E-state index in [1.807, 2.05) is 0 Å². The molecule has 0 saturated carbocycles. The van der Waals surface area contributed by atoms with E-state index in [4.69, 9.17) is 14.9 Å². The molecule has 1 rings (SSSR count). The van der Waals surface area contributed by atoms with Gasteiger partial charge in [-0.2, -0.15) is 0 Å². The molecule has 0 radical (unpaired) electrons. The molecule has 11 nitrogen and oxygen atoms in total. The fraction of sp³-hybridized carbons (Fsp3) is 1.00. The number of hydrogen-bond acceptors (Lipinski definition) is 11. The zero-order valence-corrected chi connectivity index (χ0v) is 11.4. The molecular formula is C11H22O11. The Kier molecular flexibility index (Phi) is 6.61. The number of ether oxygens (including phenoxy) is 1. The van der Waals surface area contributed by atoms with Crippen LogP contribution in [0.1, 0.15) is 0 Å². The fourth-order valence-corrected chi connectivity index (χ4v) is 2.19. The van der Waals surface area contributed by atoms with E-state index < -0.39 is 67.8 Å². The molecule has 0 aliphatic carbocycles. The molecule has 0 spiro atoms. The molecule has 22 heavy (non-hydrogen) atoms. The van der Waals surface area contributed by atoms with Crippen molar-refractivity contribution in [1.82, 2.24) is 0 Å². The second-order valence-corrected chi connectivity index (χ2v) is 5.19. The van der Waals surface area contributed by atoms with Crippen molar-refractivity contribution in [1.29, 1.82) is 0 Å². The molecule has 0 aromatic rings. The summed E-state index contributed by atoms with van der Waals surface area (Å²) in [6, 6.07) is 0. The molecule has 1 saturated heterocycles. The summed E-state index contributed by atoms with van der Waals surface area (Å²) in [5, 5.41) is 95.0. The van der Waals surface area contributed by atoms with E-state index in [0.29, 0.717) is 0 Å². The van der Waals surface area contributed by atoms with Gasteiger partial charge in [0.05, 0.1) is 13.2 Å². The summed E-state index contributed by atoms with van der Waals surface area (Å²) in [5.74, 6) is -3.05. The molecule has 1 aliphatic rings. The van der Waals surface area contributed by atoms with Crippen molar-refractivity contribution in [2.45, 2.75) is 54.6 Å². The van der Waals surface area contributed by atoms with E-state index >= 15 is 0 Å². The lowest BCUT2D eigenvalue weighted by molar-refractivity contribution is -0.386. The molecule has 11 heteroatoms. The van der Waals surface area contributed by atoms with Crippen LogP contribution in [-0.4, -0.2) is 119 Å². The van der Waals surface area contributed by atoms with Crippen LogP contribution in [0.5, 0.6) is 0 Å². The zero-order valence-electron chi connectivity index (χ0n) is 11.4. The molecular weight excluding hydrogens is 308 g/mol. The quantitative estimate of drug-likeness (QED) is 0.221. The first kappa shape index (κ1) is 19.6. The molecule has 2 unspecified atom stereocenters. The van der Waals surface area contributed by atoms with E-state index in [0.717, 1.165) is 0 Å². The van der Waals surface area contributed by atoms with Crippen LogP contribution >= 0.6 is 0 Å². The lowest BCUT2D eigenvalue weighted by Crippen LogP contribution is -2.72. The Bertz CT molecular complexity index is 353. The molecule has 0 aromatic heterocycles. The van der Waals surface area contributed by atoms with Crippen molar-refractivity contribution in [2.24, 2.45) is 0 Å². The van der Waals surface area contributed by atoms with Gasteiger partial charge in [-0.1, -0.05) is 0 Å². The first-order valence-electron chi connectivity index (χ1n) is 6.50. The maximum atomic E-state index is 10.2. The summed E-state index contributed by atoms with van der Waals surface area (Å²) in [7, 11) is 0.